The summed E-state index contributed by atoms with van der Waals surface area (Å²) in [4.78, 5) is 11.9. The fourth-order valence-electron chi connectivity index (χ4n) is 1.85. The number of methoxy groups -OCH3 is 1. The van der Waals surface area contributed by atoms with E-state index in [0.717, 1.165) is 22.8 Å². The van der Waals surface area contributed by atoms with Gasteiger partial charge in [-0.15, -0.1) is 0 Å². The van der Waals surface area contributed by atoms with Gasteiger partial charge in [-0.2, -0.15) is 5.10 Å². The summed E-state index contributed by atoms with van der Waals surface area (Å²) in [5.41, 5.74) is 2.63. The van der Waals surface area contributed by atoms with Gasteiger partial charge in [0.1, 0.15) is 12.3 Å². The summed E-state index contributed by atoms with van der Waals surface area (Å²) in [6, 6.07) is 9.16. The highest BCUT2D eigenvalue weighted by atomic mass is 16.5. The van der Waals surface area contributed by atoms with Crippen LogP contribution in [-0.4, -0.2) is 22.8 Å². The average molecular weight is 259 g/mol. The van der Waals surface area contributed by atoms with E-state index in [4.69, 9.17) is 4.74 Å². The van der Waals surface area contributed by atoms with Crippen LogP contribution in [0.3, 0.4) is 0 Å². The van der Waals surface area contributed by atoms with Crippen LogP contribution in [0.4, 0.5) is 5.69 Å². The number of nitrogens with one attached hydrogen (secondary N) is 1. The maximum atomic E-state index is 11.9. The first kappa shape index (κ1) is 13.1. The second-order valence-corrected chi connectivity index (χ2v) is 4.36. The molecule has 0 fully saturated rings. The standard InChI is InChI=1S/C14H17N3O2/c1-10-8-11(2)17(16-10)9-14(18)15-12-4-6-13(19-3)7-5-12/h4-8H,9H2,1-3H3,(H,15,18). The molecule has 0 radical (unpaired) electrons. The summed E-state index contributed by atoms with van der Waals surface area (Å²) >= 11 is 0. The van der Waals surface area contributed by atoms with Crippen molar-refractivity contribution in [1.82, 2.24) is 9.78 Å². The van der Waals surface area contributed by atoms with Gasteiger partial charge in [0.25, 0.3) is 0 Å². The number of amides is 1. The van der Waals surface area contributed by atoms with E-state index < -0.39 is 0 Å². The molecule has 0 spiro atoms. The number of nitrogens with zero attached hydrogens (tertiary/aromatic N) is 2. The van der Waals surface area contributed by atoms with Crippen molar-refractivity contribution >= 4 is 11.6 Å². The minimum Gasteiger partial charge on any atom is -0.497 e. The smallest absolute Gasteiger partial charge is 0.246 e. The van der Waals surface area contributed by atoms with Crippen molar-refractivity contribution in [2.75, 3.05) is 12.4 Å². The van der Waals surface area contributed by atoms with Crippen LogP contribution in [0.25, 0.3) is 0 Å². The molecule has 19 heavy (non-hydrogen) atoms. The zero-order valence-corrected chi connectivity index (χ0v) is 11.3. The van der Waals surface area contributed by atoms with Crippen molar-refractivity contribution < 1.29 is 9.53 Å². The second-order valence-electron chi connectivity index (χ2n) is 4.36. The number of carbonyl (C=O) groups is 1. The van der Waals surface area contributed by atoms with E-state index in [9.17, 15) is 4.79 Å². The van der Waals surface area contributed by atoms with E-state index in [1.54, 1.807) is 36.1 Å². The summed E-state index contributed by atoms with van der Waals surface area (Å²) in [6.07, 6.45) is 0. The van der Waals surface area contributed by atoms with Crippen molar-refractivity contribution in [3.63, 3.8) is 0 Å². The lowest BCUT2D eigenvalue weighted by atomic mass is 10.3. The number of anilines is 1. The van der Waals surface area contributed by atoms with Crippen LogP contribution in [0.15, 0.2) is 30.3 Å². The van der Waals surface area contributed by atoms with Crippen LogP contribution in [-0.2, 0) is 11.3 Å². The molecule has 1 aromatic heterocycles. The maximum Gasteiger partial charge on any atom is 0.246 e. The Balaban J connectivity index is 1.99. The van der Waals surface area contributed by atoms with Crippen molar-refractivity contribution in [1.29, 1.82) is 0 Å². The predicted octanol–water partition coefficient (Wildman–Crippen LogP) is 2.15. The number of rotatable bonds is 4. The first-order valence-electron chi connectivity index (χ1n) is 6.03. The van der Waals surface area contributed by atoms with Gasteiger partial charge in [-0.3, -0.25) is 9.48 Å². The number of hydrogen-bond donors (Lipinski definition) is 1. The Morgan fingerprint density at radius 2 is 2.00 bits per heavy atom. The molecule has 0 saturated heterocycles. The molecule has 0 aliphatic heterocycles. The third kappa shape index (κ3) is 3.34. The van der Waals surface area contributed by atoms with Crippen LogP contribution < -0.4 is 10.1 Å². The van der Waals surface area contributed by atoms with E-state index >= 15 is 0 Å². The normalized spacial score (nSPS) is 10.3. The topological polar surface area (TPSA) is 56.1 Å². The third-order valence-electron chi connectivity index (χ3n) is 2.77. The molecular formula is C14H17N3O2. The van der Waals surface area contributed by atoms with Gasteiger partial charge in [0.05, 0.1) is 12.8 Å². The Bertz CT molecular complexity index is 573. The Labute approximate surface area is 112 Å². The second kappa shape index (κ2) is 5.56. The van der Waals surface area contributed by atoms with Gasteiger partial charge in [0, 0.05) is 11.4 Å². The molecule has 100 valence electrons. The minimum atomic E-state index is -0.101. The van der Waals surface area contributed by atoms with Crippen molar-refractivity contribution in [2.45, 2.75) is 20.4 Å². The van der Waals surface area contributed by atoms with Gasteiger partial charge in [0.2, 0.25) is 5.91 Å². The Morgan fingerprint density at radius 1 is 1.32 bits per heavy atom. The Kier molecular flexibility index (Phi) is 3.85. The van der Waals surface area contributed by atoms with Gasteiger partial charge in [-0.1, -0.05) is 0 Å². The first-order chi connectivity index (χ1) is 9.08. The monoisotopic (exact) mass is 259 g/mol. The lowest BCUT2D eigenvalue weighted by Gasteiger charge is -2.07. The molecule has 1 amide bonds. The largest absolute Gasteiger partial charge is 0.497 e. The summed E-state index contributed by atoms with van der Waals surface area (Å²) in [5.74, 6) is 0.660. The van der Waals surface area contributed by atoms with Crippen LogP contribution in [0.1, 0.15) is 11.4 Å². The van der Waals surface area contributed by atoms with Gasteiger partial charge in [0.15, 0.2) is 0 Å². The number of carbonyl (C=O) groups excluding carboxylic acids is 1. The highest BCUT2D eigenvalue weighted by molar-refractivity contribution is 5.90. The van der Waals surface area contributed by atoms with E-state index in [2.05, 4.69) is 10.4 Å². The number of aromatic nitrogens is 2. The van der Waals surface area contributed by atoms with Crippen molar-refractivity contribution in [3.05, 3.63) is 41.7 Å². The number of benzene rings is 1. The lowest BCUT2D eigenvalue weighted by molar-refractivity contribution is -0.116. The van der Waals surface area contributed by atoms with Crippen LogP contribution in [0, 0.1) is 13.8 Å². The SMILES string of the molecule is COc1ccc(NC(=O)Cn2nc(C)cc2C)cc1. The third-order valence-corrected chi connectivity index (χ3v) is 2.77. The molecular weight excluding hydrogens is 242 g/mol. The molecule has 2 aromatic rings. The van der Waals surface area contributed by atoms with Crippen LogP contribution in [0.2, 0.25) is 0 Å². The highest BCUT2D eigenvalue weighted by Crippen LogP contribution is 2.15. The highest BCUT2D eigenvalue weighted by Gasteiger charge is 2.07. The molecule has 5 heteroatoms. The van der Waals surface area contributed by atoms with Gasteiger partial charge >= 0.3 is 0 Å². The summed E-state index contributed by atoms with van der Waals surface area (Å²) < 4.78 is 6.75. The van der Waals surface area contributed by atoms with Gasteiger partial charge in [-0.05, 0) is 44.2 Å². The van der Waals surface area contributed by atoms with Crippen molar-refractivity contribution in [3.8, 4) is 5.75 Å². The number of hydrogen-bond acceptors (Lipinski definition) is 3. The predicted molar refractivity (Wildman–Crippen MR) is 73.3 cm³/mol. The summed E-state index contributed by atoms with van der Waals surface area (Å²) in [5, 5.41) is 7.08. The summed E-state index contributed by atoms with van der Waals surface area (Å²) in [6.45, 7) is 4.05. The van der Waals surface area contributed by atoms with Crippen molar-refractivity contribution in [2.24, 2.45) is 0 Å². The molecule has 0 bridgehead atoms. The van der Waals surface area contributed by atoms with Crippen LogP contribution >= 0.6 is 0 Å². The maximum absolute atomic E-state index is 11.9. The molecule has 1 N–H and O–H groups in total. The lowest BCUT2D eigenvalue weighted by Crippen LogP contribution is -2.20. The molecule has 0 saturated carbocycles. The molecule has 1 aromatic carbocycles. The zero-order chi connectivity index (χ0) is 13.8. The first-order valence-corrected chi connectivity index (χ1v) is 6.03. The molecule has 2 rings (SSSR count). The molecule has 0 unspecified atom stereocenters. The number of aryl methyl sites for hydroxylation is 2. The molecule has 0 aliphatic rings. The fraction of sp³-hybridized carbons (Fsp3) is 0.286. The molecule has 5 nitrogen and oxygen atoms in total. The zero-order valence-electron chi connectivity index (χ0n) is 11.3. The minimum absolute atomic E-state index is 0.101. The van der Waals surface area contributed by atoms with E-state index in [-0.39, 0.29) is 12.5 Å². The fourth-order valence-corrected chi connectivity index (χ4v) is 1.85. The van der Waals surface area contributed by atoms with Gasteiger partial charge in [-0.25, -0.2) is 0 Å². The van der Waals surface area contributed by atoms with E-state index in [1.807, 2.05) is 19.9 Å². The molecule has 1 heterocycles. The quantitative estimate of drug-likeness (QED) is 0.915. The van der Waals surface area contributed by atoms with Crippen LogP contribution in [0.5, 0.6) is 5.75 Å². The van der Waals surface area contributed by atoms with E-state index in [0.29, 0.717) is 0 Å². The summed E-state index contributed by atoms with van der Waals surface area (Å²) in [7, 11) is 1.61. The average Bonchev–Trinajstić information content (AvgIpc) is 2.68. The molecule has 0 aliphatic carbocycles. The Morgan fingerprint density at radius 3 is 2.53 bits per heavy atom. The number of ether oxygens (including phenoxy) is 1. The molecule has 0 atom stereocenters. The Hall–Kier alpha value is -2.30. The van der Waals surface area contributed by atoms with Gasteiger partial charge < -0.3 is 10.1 Å². The van der Waals surface area contributed by atoms with E-state index in [1.165, 1.54) is 0 Å².